The number of aliphatic hydroxyl groups is 1. The first-order valence-electron chi connectivity index (χ1n) is 4.63. The minimum absolute atomic E-state index is 0.0846. The summed E-state index contributed by atoms with van der Waals surface area (Å²) in [6.07, 6.45) is 2.55. The minimum atomic E-state index is 0.0846. The smallest absolute Gasteiger partial charge is 0.122 e. The molecule has 0 spiro atoms. The summed E-state index contributed by atoms with van der Waals surface area (Å²) < 4.78 is 5.28. The van der Waals surface area contributed by atoms with E-state index in [2.05, 4.69) is 6.07 Å². The van der Waals surface area contributed by atoms with Crippen LogP contribution in [-0.4, -0.2) is 12.2 Å². The Morgan fingerprint density at radius 3 is 2.77 bits per heavy atom. The van der Waals surface area contributed by atoms with Crippen LogP contribution in [0.2, 0.25) is 0 Å². The molecule has 1 aromatic rings. The van der Waals surface area contributed by atoms with Gasteiger partial charge in [0.1, 0.15) is 5.75 Å². The quantitative estimate of drug-likeness (QED) is 0.767. The van der Waals surface area contributed by atoms with Gasteiger partial charge in [-0.05, 0) is 36.0 Å². The zero-order valence-electron chi connectivity index (χ0n) is 7.79. The third kappa shape index (κ3) is 1.68. The highest BCUT2D eigenvalue weighted by atomic mass is 16.5. The standard InChI is InChI=1S/C11H14O2/c1-13-11-6-8(7-12)2-5-10(11)9-3-4-9/h2,5-6,9,12H,3-4,7H2,1H3. The lowest BCUT2D eigenvalue weighted by molar-refractivity contribution is 0.281. The van der Waals surface area contributed by atoms with E-state index in [1.165, 1.54) is 18.4 Å². The molecule has 2 heteroatoms. The Morgan fingerprint density at radius 1 is 1.46 bits per heavy atom. The highest BCUT2D eigenvalue weighted by Gasteiger charge is 2.26. The number of rotatable bonds is 3. The maximum absolute atomic E-state index is 8.95. The van der Waals surface area contributed by atoms with Crippen LogP contribution in [0.4, 0.5) is 0 Å². The highest BCUT2D eigenvalue weighted by molar-refractivity contribution is 5.41. The molecular weight excluding hydrogens is 164 g/mol. The van der Waals surface area contributed by atoms with E-state index in [0.717, 1.165) is 11.3 Å². The zero-order chi connectivity index (χ0) is 9.26. The van der Waals surface area contributed by atoms with E-state index in [4.69, 9.17) is 9.84 Å². The monoisotopic (exact) mass is 178 g/mol. The summed E-state index contributed by atoms with van der Waals surface area (Å²) >= 11 is 0. The molecule has 0 unspecified atom stereocenters. The minimum Gasteiger partial charge on any atom is -0.496 e. The maximum atomic E-state index is 8.95. The van der Waals surface area contributed by atoms with Gasteiger partial charge in [0.25, 0.3) is 0 Å². The molecule has 2 rings (SSSR count). The van der Waals surface area contributed by atoms with E-state index in [1.807, 2.05) is 12.1 Å². The van der Waals surface area contributed by atoms with Crippen molar-refractivity contribution in [2.24, 2.45) is 0 Å². The summed E-state index contributed by atoms with van der Waals surface area (Å²) in [5, 5.41) is 8.95. The molecule has 0 bridgehead atoms. The van der Waals surface area contributed by atoms with Crippen molar-refractivity contribution in [3.05, 3.63) is 29.3 Å². The van der Waals surface area contributed by atoms with Crippen LogP contribution in [0.15, 0.2) is 18.2 Å². The van der Waals surface area contributed by atoms with Gasteiger partial charge >= 0.3 is 0 Å². The number of aliphatic hydroxyl groups excluding tert-OH is 1. The molecule has 1 saturated carbocycles. The molecular formula is C11H14O2. The Balaban J connectivity index is 2.33. The van der Waals surface area contributed by atoms with Crippen molar-refractivity contribution >= 4 is 0 Å². The number of methoxy groups -OCH3 is 1. The summed E-state index contributed by atoms with van der Waals surface area (Å²) in [6, 6.07) is 5.96. The van der Waals surface area contributed by atoms with Gasteiger partial charge in [0.15, 0.2) is 0 Å². The van der Waals surface area contributed by atoms with Gasteiger partial charge in [0.2, 0.25) is 0 Å². The second-order valence-corrected chi connectivity index (χ2v) is 3.51. The molecule has 13 heavy (non-hydrogen) atoms. The van der Waals surface area contributed by atoms with E-state index in [0.29, 0.717) is 5.92 Å². The summed E-state index contributed by atoms with van der Waals surface area (Å²) in [5.74, 6) is 1.62. The van der Waals surface area contributed by atoms with Crippen LogP contribution >= 0.6 is 0 Å². The van der Waals surface area contributed by atoms with Crippen molar-refractivity contribution < 1.29 is 9.84 Å². The Hall–Kier alpha value is -1.02. The molecule has 2 nitrogen and oxygen atoms in total. The van der Waals surface area contributed by atoms with Crippen LogP contribution in [0.1, 0.15) is 29.9 Å². The SMILES string of the molecule is COc1cc(CO)ccc1C1CC1. The number of ether oxygens (including phenoxy) is 1. The lowest BCUT2D eigenvalue weighted by Gasteiger charge is -2.08. The van der Waals surface area contributed by atoms with Gasteiger partial charge in [0, 0.05) is 0 Å². The predicted molar refractivity (Wildman–Crippen MR) is 50.9 cm³/mol. The van der Waals surface area contributed by atoms with Crippen LogP contribution in [0.25, 0.3) is 0 Å². The summed E-state index contributed by atoms with van der Waals surface area (Å²) in [6.45, 7) is 0.0846. The van der Waals surface area contributed by atoms with E-state index in [9.17, 15) is 0 Å². The molecule has 0 aliphatic heterocycles. The van der Waals surface area contributed by atoms with Crippen molar-refractivity contribution in [1.82, 2.24) is 0 Å². The van der Waals surface area contributed by atoms with Gasteiger partial charge in [0.05, 0.1) is 13.7 Å². The van der Waals surface area contributed by atoms with Gasteiger partial charge in [-0.15, -0.1) is 0 Å². The van der Waals surface area contributed by atoms with Crippen molar-refractivity contribution in [3.63, 3.8) is 0 Å². The molecule has 0 atom stereocenters. The Morgan fingerprint density at radius 2 is 2.23 bits per heavy atom. The maximum Gasteiger partial charge on any atom is 0.122 e. The van der Waals surface area contributed by atoms with Crippen molar-refractivity contribution in [2.45, 2.75) is 25.4 Å². The summed E-state index contributed by atoms with van der Waals surface area (Å²) in [4.78, 5) is 0. The third-order valence-electron chi connectivity index (χ3n) is 2.50. The van der Waals surface area contributed by atoms with E-state index in [1.54, 1.807) is 7.11 Å². The van der Waals surface area contributed by atoms with E-state index < -0.39 is 0 Å². The van der Waals surface area contributed by atoms with Crippen LogP contribution < -0.4 is 4.74 Å². The molecule has 1 fully saturated rings. The van der Waals surface area contributed by atoms with Gasteiger partial charge in [-0.3, -0.25) is 0 Å². The number of hydrogen-bond donors (Lipinski definition) is 1. The molecule has 0 radical (unpaired) electrons. The largest absolute Gasteiger partial charge is 0.496 e. The average Bonchev–Trinajstić information content (AvgIpc) is 3.00. The fourth-order valence-electron chi connectivity index (χ4n) is 1.59. The second kappa shape index (κ2) is 3.38. The van der Waals surface area contributed by atoms with E-state index in [-0.39, 0.29) is 6.61 Å². The van der Waals surface area contributed by atoms with Crippen molar-refractivity contribution in [3.8, 4) is 5.75 Å². The van der Waals surface area contributed by atoms with Gasteiger partial charge < -0.3 is 9.84 Å². The van der Waals surface area contributed by atoms with Crippen LogP contribution in [0, 0.1) is 0 Å². The summed E-state index contributed by atoms with van der Waals surface area (Å²) in [7, 11) is 1.68. The number of hydrogen-bond acceptors (Lipinski definition) is 2. The fraction of sp³-hybridized carbons (Fsp3) is 0.455. The van der Waals surface area contributed by atoms with Crippen LogP contribution in [-0.2, 0) is 6.61 Å². The molecule has 70 valence electrons. The number of benzene rings is 1. The Kier molecular flexibility index (Phi) is 2.23. The molecule has 0 saturated heterocycles. The zero-order valence-corrected chi connectivity index (χ0v) is 7.79. The van der Waals surface area contributed by atoms with Gasteiger partial charge in [-0.2, -0.15) is 0 Å². The fourth-order valence-corrected chi connectivity index (χ4v) is 1.59. The predicted octanol–water partition coefficient (Wildman–Crippen LogP) is 2.06. The van der Waals surface area contributed by atoms with E-state index >= 15 is 0 Å². The molecule has 1 aliphatic carbocycles. The molecule has 0 amide bonds. The molecule has 1 N–H and O–H groups in total. The Bertz CT molecular complexity index is 303. The lowest BCUT2D eigenvalue weighted by atomic mass is 10.1. The van der Waals surface area contributed by atoms with Crippen LogP contribution in [0.3, 0.4) is 0 Å². The molecule has 0 heterocycles. The Labute approximate surface area is 78.2 Å². The lowest BCUT2D eigenvalue weighted by Crippen LogP contribution is -1.92. The normalized spacial score (nSPS) is 15.8. The topological polar surface area (TPSA) is 29.5 Å². The van der Waals surface area contributed by atoms with Gasteiger partial charge in [-0.25, -0.2) is 0 Å². The first-order valence-corrected chi connectivity index (χ1v) is 4.63. The first kappa shape index (κ1) is 8.57. The van der Waals surface area contributed by atoms with Crippen molar-refractivity contribution in [2.75, 3.05) is 7.11 Å². The molecule has 1 aromatic carbocycles. The van der Waals surface area contributed by atoms with Gasteiger partial charge in [-0.1, -0.05) is 12.1 Å². The van der Waals surface area contributed by atoms with Crippen LogP contribution in [0.5, 0.6) is 5.75 Å². The first-order chi connectivity index (χ1) is 6.35. The molecule has 1 aliphatic rings. The van der Waals surface area contributed by atoms with Crippen molar-refractivity contribution in [1.29, 1.82) is 0 Å². The summed E-state index contributed by atoms with van der Waals surface area (Å²) in [5.41, 5.74) is 2.21. The third-order valence-corrected chi connectivity index (χ3v) is 2.50. The average molecular weight is 178 g/mol. The second-order valence-electron chi connectivity index (χ2n) is 3.51. The highest BCUT2D eigenvalue weighted by Crippen LogP contribution is 2.44. The molecule has 0 aromatic heterocycles.